The first-order valence-corrected chi connectivity index (χ1v) is 11.7. The number of rotatable bonds is 3. The third-order valence-electron chi connectivity index (χ3n) is 7.19. The number of para-hydroxylation sites is 1. The average molecular weight is 448 g/mol. The van der Waals surface area contributed by atoms with Gasteiger partial charge in [0.15, 0.2) is 5.72 Å². The predicted molar refractivity (Wildman–Crippen MR) is 123 cm³/mol. The van der Waals surface area contributed by atoms with Crippen LogP contribution < -0.4 is 10.1 Å². The first kappa shape index (κ1) is 21.5. The Kier molecular flexibility index (Phi) is 5.56. The zero-order chi connectivity index (χ0) is 23.0. The number of benzene rings is 2. The number of hydrogen-bond donors (Lipinski definition) is 1. The Morgan fingerprint density at radius 1 is 1.06 bits per heavy atom. The van der Waals surface area contributed by atoms with Gasteiger partial charge in [0.05, 0.1) is 5.56 Å². The summed E-state index contributed by atoms with van der Waals surface area (Å²) >= 11 is 0. The van der Waals surface area contributed by atoms with Crippen molar-refractivity contribution in [3.05, 3.63) is 65.7 Å². The van der Waals surface area contributed by atoms with E-state index in [0.717, 1.165) is 6.42 Å². The molecule has 2 aromatic carbocycles. The highest BCUT2D eigenvalue weighted by molar-refractivity contribution is 5.98. The lowest BCUT2D eigenvalue weighted by atomic mass is 9.99. The van der Waals surface area contributed by atoms with E-state index in [1.54, 1.807) is 23.1 Å². The smallest absolute Gasteiger partial charge is 0.258 e. The van der Waals surface area contributed by atoms with Crippen LogP contribution in [-0.2, 0) is 9.59 Å². The molecule has 0 bridgehead atoms. The standard InChI is InChI=1S/C26H29N3O4/c1-18(25(32)28-15-12-20(17-28)19-7-3-2-4-8-19)29-16-14-26(13-11-23(29)30)27-24(31)21-9-5-6-10-22(21)33-26/h2-10,18,20H,11-17H2,1H3,(H,27,31)/t18-,20+,26+/m1/s1. The van der Waals surface area contributed by atoms with Crippen LogP contribution >= 0.6 is 0 Å². The van der Waals surface area contributed by atoms with Gasteiger partial charge in [0.1, 0.15) is 11.8 Å². The first-order valence-electron chi connectivity index (χ1n) is 11.7. The van der Waals surface area contributed by atoms with Crippen LogP contribution in [0.2, 0.25) is 0 Å². The van der Waals surface area contributed by atoms with E-state index in [4.69, 9.17) is 4.74 Å². The van der Waals surface area contributed by atoms with Crippen LogP contribution in [0.3, 0.4) is 0 Å². The van der Waals surface area contributed by atoms with Crippen molar-refractivity contribution in [3.8, 4) is 5.75 Å². The van der Waals surface area contributed by atoms with Gasteiger partial charge in [0.2, 0.25) is 11.8 Å². The number of ether oxygens (including phenoxy) is 1. The topological polar surface area (TPSA) is 79.0 Å². The van der Waals surface area contributed by atoms with Gasteiger partial charge in [0.25, 0.3) is 5.91 Å². The summed E-state index contributed by atoms with van der Waals surface area (Å²) in [5.41, 5.74) is 0.824. The predicted octanol–water partition coefficient (Wildman–Crippen LogP) is 2.92. The monoisotopic (exact) mass is 447 g/mol. The maximum atomic E-state index is 13.3. The van der Waals surface area contributed by atoms with Crippen molar-refractivity contribution in [2.24, 2.45) is 0 Å². The molecule has 2 aromatic rings. The van der Waals surface area contributed by atoms with Gasteiger partial charge in [-0.2, -0.15) is 0 Å². The summed E-state index contributed by atoms with van der Waals surface area (Å²) in [5.74, 6) is 0.581. The molecule has 0 unspecified atom stereocenters. The van der Waals surface area contributed by atoms with Crippen LogP contribution in [0, 0.1) is 0 Å². The molecule has 0 aliphatic carbocycles. The van der Waals surface area contributed by atoms with E-state index >= 15 is 0 Å². The van der Waals surface area contributed by atoms with E-state index in [1.165, 1.54) is 5.56 Å². The van der Waals surface area contributed by atoms with E-state index in [-0.39, 0.29) is 24.1 Å². The number of amides is 3. The molecule has 3 aliphatic rings. The van der Waals surface area contributed by atoms with Crippen molar-refractivity contribution >= 4 is 17.7 Å². The van der Waals surface area contributed by atoms with Crippen molar-refractivity contribution in [3.63, 3.8) is 0 Å². The van der Waals surface area contributed by atoms with Gasteiger partial charge in [-0.25, -0.2) is 0 Å². The number of nitrogens with one attached hydrogen (secondary N) is 1. The van der Waals surface area contributed by atoms with Crippen LogP contribution in [0.4, 0.5) is 0 Å². The van der Waals surface area contributed by atoms with Gasteiger partial charge in [-0.1, -0.05) is 42.5 Å². The Labute approximate surface area is 193 Å². The number of hydrogen-bond acceptors (Lipinski definition) is 4. The largest absolute Gasteiger partial charge is 0.467 e. The SMILES string of the molecule is C[C@H](C(=O)N1CC[C@H](c2ccccc2)C1)N1CC[C@@]2(CCC1=O)NC(=O)c1ccccc1O2. The van der Waals surface area contributed by atoms with Crippen LogP contribution in [0.5, 0.6) is 5.75 Å². The molecule has 0 radical (unpaired) electrons. The van der Waals surface area contributed by atoms with E-state index in [2.05, 4.69) is 17.4 Å². The summed E-state index contributed by atoms with van der Waals surface area (Å²) in [6.07, 6.45) is 1.96. The van der Waals surface area contributed by atoms with Crippen molar-refractivity contribution in [2.45, 2.75) is 50.3 Å². The molecule has 2 saturated heterocycles. The first-order chi connectivity index (χ1) is 16.0. The fraction of sp³-hybridized carbons (Fsp3) is 0.423. The molecule has 3 atom stereocenters. The van der Waals surface area contributed by atoms with Gasteiger partial charge < -0.3 is 19.9 Å². The molecule has 3 heterocycles. The van der Waals surface area contributed by atoms with E-state index in [0.29, 0.717) is 49.7 Å². The lowest BCUT2D eigenvalue weighted by Gasteiger charge is -2.38. The molecule has 0 saturated carbocycles. The summed E-state index contributed by atoms with van der Waals surface area (Å²) < 4.78 is 6.20. The Hall–Kier alpha value is -3.35. The lowest BCUT2D eigenvalue weighted by molar-refractivity contribution is -0.144. The minimum Gasteiger partial charge on any atom is -0.467 e. The minimum absolute atomic E-state index is 0.0170. The summed E-state index contributed by atoms with van der Waals surface area (Å²) in [5, 5.41) is 2.98. The zero-order valence-corrected chi connectivity index (χ0v) is 18.8. The summed E-state index contributed by atoms with van der Waals surface area (Å²) in [6, 6.07) is 16.9. The maximum absolute atomic E-state index is 13.3. The van der Waals surface area contributed by atoms with Crippen LogP contribution in [0.1, 0.15) is 54.4 Å². The summed E-state index contributed by atoms with van der Waals surface area (Å²) in [6.45, 7) is 3.54. The second-order valence-electron chi connectivity index (χ2n) is 9.24. The molecule has 33 heavy (non-hydrogen) atoms. The Morgan fingerprint density at radius 2 is 1.82 bits per heavy atom. The minimum atomic E-state index is -0.926. The quantitative estimate of drug-likeness (QED) is 0.785. The van der Waals surface area contributed by atoms with Crippen molar-refractivity contribution in [1.82, 2.24) is 15.1 Å². The van der Waals surface area contributed by atoms with Crippen molar-refractivity contribution in [1.29, 1.82) is 0 Å². The van der Waals surface area contributed by atoms with E-state index in [9.17, 15) is 14.4 Å². The highest BCUT2D eigenvalue weighted by Gasteiger charge is 2.44. The molecule has 7 heteroatoms. The van der Waals surface area contributed by atoms with E-state index < -0.39 is 11.8 Å². The van der Waals surface area contributed by atoms with Gasteiger partial charge in [-0.3, -0.25) is 14.4 Å². The summed E-state index contributed by atoms with van der Waals surface area (Å²) in [4.78, 5) is 42.5. The third-order valence-corrected chi connectivity index (χ3v) is 7.19. The van der Waals surface area contributed by atoms with Gasteiger partial charge in [-0.05, 0) is 31.0 Å². The van der Waals surface area contributed by atoms with Gasteiger partial charge in [-0.15, -0.1) is 0 Å². The Morgan fingerprint density at radius 3 is 2.64 bits per heavy atom. The number of carbonyl (C=O) groups is 3. The number of carbonyl (C=O) groups excluding carboxylic acids is 3. The molecule has 5 rings (SSSR count). The molecule has 0 aromatic heterocycles. The fourth-order valence-corrected chi connectivity index (χ4v) is 5.25. The average Bonchev–Trinajstić information content (AvgIpc) is 3.28. The van der Waals surface area contributed by atoms with Crippen molar-refractivity contribution < 1.29 is 19.1 Å². The molecule has 172 valence electrons. The second-order valence-corrected chi connectivity index (χ2v) is 9.24. The number of likely N-dealkylation sites (tertiary alicyclic amines) is 2. The summed E-state index contributed by atoms with van der Waals surface area (Å²) in [7, 11) is 0. The van der Waals surface area contributed by atoms with Crippen LogP contribution in [0.25, 0.3) is 0 Å². The van der Waals surface area contributed by atoms with Crippen LogP contribution in [-0.4, -0.2) is 58.9 Å². The molecule has 2 fully saturated rings. The molecule has 7 nitrogen and oxygen atoms in total. The number of nitrogens with zero attached hydrogens (tertiary/aromatic N) is 2. The molecule has 1 N–H and O–H groups in total. The maximum Gasteiger partial charge on any atom is 0.258 e. The fourth-order valence-electron chi connectivity index (χ4n) is 5.25. The number of fused-ring (bicyclic) bond motifs is 1. The van der Waals surface area contributed by atoms with Crippen molar-refractivity contribution in [2.75, 3.05) is 19.6 Å². The Balaban J connectivity index is 1.26. The van der Waals surface area contributed by atoms with Crippen LogP contribution in [0.15, 0.2) is 54.6 Å². The highest BCUT2D eigenvalue weighted by atomic mass is 16.5. The van der Waals surface area contributed by atoms with Gasteiger partial charge in [0, 0.05) is 44.8 Å². The molecular formula is C26H29N3O4. The Bertz CT molecular complexity index is 1070. The van der Waals surface area contributed by atoms with Gasteiger partial charge >= 0.3 is 0 Å². The third kappa shape index (κ3) is 4.08. The normalized spacial score (nSPS) is 25.8. The second kappa shape index (κ2) is 8.54. The molecule has 3 amide bonds. The highest BCUT2D eigenvalue weighted by Crippen LogP contribution is 2.34. The molecular weight excluding hydrogens is 418 g/mol. The zero-order valence-electron chi connectivity index (χ0n) is 18.8. The molecule has 3 aliphatic heterocycles. The lowest BCUT2D eigenvalue weighted by Crippen LogP contribution is -2.56. The molecule has 1 spiro atoms. The van der Waals surface area contributed by atoms with E-state index in [1.807, 2.05) is 36.1 Å².